The quantitative estimate of drug-likeness (QED) is 0.412. The van der Waals surface area contributed by atoms with E-state index in [-0.39, 0.29) is 11.2 Å². The second-order valence-electron chi connectivity index (χ2n) is 7.28. The van der Waals surface area contributed by atoms with Crippen molar-refractivity contribution in [1.82, 2.24) is 14.8 Å². The molecule has 0 unspecified atom stereocenters. The van der Waals surface area contributed by atoms with Crippen molar-refractivity contribution in [3.05, 3.63) is 96.3 Å². The maximum Gasteiger partial charge on any atom is 0.237 e. The number of thioether (sulfide) groups is 1. The number of anilines is 1. The summed E-state index contributed by atoms with van der Waals surface area (Å²) in [7, 11) is 1.94. The Morgan fingerprint density at radius 1 is 0.935 bits per heavy atom. The summed E-state index contributed by atoms with van der Waals surface area (Å²) in [4.78, 5) is 12.9. The molecule has 0 aliphatic carbocycles. The van der Waals surface area contributed by atoms with Gasteiger partial charge in [0.05, 0.1) is 5.25 Å². The zero-order valence-corrected chi connectivity index (χ0v) is 18.3. The molecule has 6 heteroatoms. The zero-order chi connectivity index (χ0) is 21.6. The van der Waals surface area contributed by atoms with Crippen molar-refractivity contribution < 1.29 is 4.79 Å². The summed E-state index contributed by atoms with van der Waals surface area (Å²) in [5.74, 6) is 0.803. The van der Waals surface area contributed by atoms with Gasteiger partial charge in [-0.2, -0.15) is 0 Å². The summed E-state index contributed by atoms with van der Waals surface area (Å²) in [5.41, 5.74) is 4.04. The predicted octanol–water partition coefficient (Wildman–Crippen LogP) is 5.19. The van der Waals surface area contributed by atoms with Gasteiger partial charge in [0.1, 0.15) is 5.82 Å². The van der Waals surface area contributed by atoms with E-state index in [2.05, 4.69) is 27.6 Å². The van der Waals surface area contributed by atoms with Crippen LogP contribution < -0.4 is 5.32 Å². The predicted molar refractivity (Wildman–Crippen MR) is 126 cm³/mol. The van der Waals surface area contributed by atoms with Crippen molar-refractivity contribution in [2.24, 2.45) is 7.05 Å². The van der Waals surface area contributed by atoms with Crippen LogP contribution in [-0.2, 0) is 18.3 Å². The molecule has 31 heavy (non-hydrogen) atoms. The monoisotopic (exact) mass is 428 g/mol. The summed E-state index contributed by atoms with van der Waals surface area (Å²) < 4.78 is 1.96. The van der Waals surface area contributed by atoms with Crippen LogP contribution in [0.2, 0.25) is 0 Å². The number of hydrogen-bond acceptors (Lipinski definition) is 4. The van der Waals surface area contributed by atoms with Crippen molar-refractivity contribution in [2.75, 3.05) is 5.32 Å². The van der Waals surface area contributed by atoms with Crippen LogP contribution >= 0.6 is 11.8 Å². The molecule has 0 aliphatic heterocycles. The zero-order valence-electron chi connectivity index (χ0n) is 17.5. The summed E-state index contributed by atoms with van der Waals surface area (Å²) in [6, 6.07) is 28.1. The molecule has 0 spiro atoms. The average Bonchev–Trinajstić information content (AvgIpc) is 3.14. The van der Waals surface area contributed by atoms with E-state index in [0.717, 1.165) is 27.8 Å². The van der Waals surface area contributed by atoms with E-state index in [9.17, 15) is 4.79 Å². The van der Waals surface area contributed by atoms with Gasteiger partial charge in [0.15, 0.2) is 5.16 Å². The van der Waals surface area contributed by atoms with Gasteiger partial charge in [-0.1, -0.05) is 90.6 Å². The highest BCUT2D eigenvalue weighted by Gasteiger charge is 2.20. The molecule has 5 nitrogen and oxygen atoms in total. The van der Waals surface area contributed by atoms with Gasteiger partial charge >= 0.3 is 0 Å². The molecule has 1 atom stereocenters. The normalized spacial score (nSPS) is 11.8. The maximum absolute atomic E-state index is 12.9. The number of benzene rings is 3. The number of rotatable bonds is 7. The molecule has 0 aliphatic rings. The van der Waals surface area contributed by atoms with Crippen LogP contribution in [0.1, 0.15) is 18.3 Å². The molecule has 1 amide bonds. The number of carbonyl (C=O) groups is 1. The number of nitrogens with one attached hydrogen (secondary N) is 1. The topological polar surface area (TPSA) is 59.8 Å². The lowest BCUT2D eigenvalue weighted by molar-refractivity contribution is -0.115. The highest BCUT2D eigenvalue weighted by atomic mass is 32.2. The molecular formula is C25H24N4OS. The molecule has 4 aromatic rings. The Labute approximate surface area is 186 Å². The minimum atomic E-state index is -0.323. The number of hydrogen-bond donors (Lipinski definition) is 1. The van der Waals surface area contributed by atoms with Crippen molar-refractivity contribution in [2.45, 2.75) is 23.8 Å². The highest BCUT2D eigenvalue weighted by Crippen LogP contribution is 2.29. The first-order valence-electron chi connectivity index (χ1n) is 10.2. The second-order valence-corrected chi connectivity index (χ2v) is 8.59. The Balaban J connectivity index is 1.45. The standard InChI is InChI=1S/C25H24N4OS/c1-18(31-25-28-27-23(29(25)2)17-19-11-5-3-6-12-19)24(30)26-22-16-10-9-15-21(22)20-13-7-4-8-14-20/h3-16,18H,17H2,1-2H3,(H,26,30)/t18-/m0/s1. The van der Waals surface area contributed by atoms with E-state index in [1.54, 1.807) is 0 Å². The van der Waals surface area contributed by atoms with Crippen LogP contribution in [0.15, 0.2) is 90.1 Å². The molecule has 1 heterocycles. The van der Waals surface area contributed by atoms with E-state index >= 15 is 0 Å². The van der Waals surface area contributed by atoms with E-state index in [1.807, 2.05) is 91.3 Å². The smallest absolute Gasteiger partial charge is 0.237 e. The SMILES string of the molecule is C[C@H](Sc1nnc(Cc2ccccc2)n1C)C(=O)Nc1ccccc1-c1ccccc1. The van der Waals surface area contributed by atoms with Gasteiger partial charge < -0.3 is 9.88 Å². The average molecular weight is 429 g/mol. The van der Waals surface area contributed by atoms with Crippen LogP contribution in [-0.4, -0.2) is 25.9 Å². The Bertz CT molecular complexity index is 1160. The summed E-state index contributed by atoms with van der Waals surface area (Å²) in [5, 5.41) is 12.1. The van der Waals surface area contributed by atoms with Gasteiger partial charge in [0.25, 0.3) is 0 Å². The van der Waals surface area contributed by atoms with E-state index in [4.69, 9.17) is 0 Å². The highest BCUT2D eigenvalue weighted by molar-refractivity contribution is 8.00. The first kappa shape index (κ1) is 20.9. The summed E-state index contributed by atoms with van der Waals surface area (Å²) in [6.07, 6.45) is 0.704. The number of aromatic nitrogens is 3. The van der Waals surface area contributed by atoms with Gasteiger partial charge in [-0.3, -0.25) is 4.79 Å². The molecule has 3 aromatic carbocycles. The molecule has 0 bridgehead atoms. The van der Waals surface area contributed by atoms with Crippen molar-refractivity contribution in [3.63, 3.8) is 0 Å². The minimum Gasteiger partial charge on any atom is -0.325 e. The van der Waals surface area contributed by atoms with E-state index in [1.165, 1.54) is 17.3 Å². The molecule has 156 valence electrons. The van der Waals surface area contributed by atoms with Gasteiger partial charge in [-0.15, -0.1) is 10.2 Å². The van der Waals surface area contributed by atoms with Gasteiger partial charge in [-0.25, -0.2) is 0 Å². The number of amides is 1. The Hall–Kier alpha value is -3.38. The summed E-state index contributed by atoms with van der Waals surface area (Å²) in [6.45, 7) is 1.89. The Kier molecular flexibility index (Phi) is 6.48. The molecule has 0 radical (unpaired) electrons. The van der Waals surface area contributed by atoms with Crippen LogP contribution in [0, 0.1) is 0 Å². The lowest BCUT2D eigenvalue weighted by Gasteiger charge is -2.15. The number of para-hydroxylation sites is 1. The van der Waals surface area contributed by atoms with Gasteiger partial charge in [0, 0.05) is 24.7 Å². The Morgan fingerprint density at radius 2 is 1.58 bits per heavy atom. The third-order valence-corrected chi connectivity index (χ3v) is 6.19. The largest absolute Gasteiger partial charge is 0.325 e. The molecular weight excluding hydrogens is 404 g/mol. The van der Waals surface area contributed by atoms with E-state index in [0.29, 0.717) is 6.42 Å². The van der Waals surface area contributed by atoms with Crippen LogP contribution in [0.25, 0.3) is 11.1 Å². The molecule has 0 saturated carbocycles. The first-order valence-corrected chi connectivity index (χ1v) is 11.0. The third kappa shape index (κ3) is 5.03. The van der Waals surface area contributed by atoms with Crippen LogP contribution in [0.3, 0.4) is 0 Å². The van der Waals surface area contributed by atoms with Crippen LogP contribution in [0.4, 0.5) is 5.69 Å². The second kappa shape index (κ2) is 9.62. The lowest BCUT2D eigenvalue weighted by Crippen LogP contribution is -2.23. The fraction of sp³-hybridized carbons (Fsp3) is 0.160. The lowest BCUT2D eigenvalue weighted by atomic mass is 10.0. The van der Waals surface area contributed by atoms with Gasteiger partial charge in [0.2, 0.25) is 5.91 Å². The first-order chi connectivity index (χ1) is 15.1. The van der Waals surface area contributed by atoms with Crippen molar-refractivity contribution in [1.29, 1.82) is 0 Å². The Morgan fingerprint density at radius 3 is 2.32 bits per heavy atom. The van der Waals surface area contributed by atoms with Gasteiger partial charge in [-0.05, 0) is 24.1 Å². The van der Waals surface area contributed by atoms with E-state index < -0.39 is 0 Å². The maximum atomic E-state index is 12.9. The number of nitrogens with zero attached hydrogens (tertiary/aromatic N) is 3. The fourth-order valence-corrected chi connectivity index (χ4v) is 4.12. The number of carbonyl (C=O) groups excluding carboxylic acids is 1. The van der Waals surface area contributed by atoms with Crippen molar-refractivity contribution in [3.8, 4) is 11.1 Å². The van der Waals surface area contributed by atoms with Crippen LogP contribution in [0.5, 0.6) is 0 Å². The molecule has 0 fully saturated rings. The molecule has 1 N–H and O–H groups in total. The summed E-state index contributed by atoms with van der Waals surface area (Å²) >= 11 is 1.41. The third-order valence-electron chi connectivity index (χ3n) is 5.05. The molecule has 4 rings (SSSR count). The molecule has 1 aromatic heterocycles. The van der Waals surface area contributed by atoms with Crippen molar-refractivity contribution >= 4 is 23.4 Å². The fourth-order valence-electron chi connectivity index (χ4n) is 3.29. The minimum absolute atomic E-state index is 0.0685. The molecule has 0 saturated heterocycles.